The maximum atomic E-state index is 5.73. The highest BCUT2D eigenvalue weighted by atomic mass is 16.5. The Morgan fingerprint density at radius 3 is 2.00 bits per heavy atom. The highest BCUT2D eigenvalue weighted by Gasteiger charge is 2.04. The average molecular weight is 458 g/mol. The fraction of sp³-hybridized carbons (Fsp3) is 0.667. The van der Waals surface area contributed by atoms with Gasteiger partial charge in [-0.15, -0.1) is 0 Å². The van der Waals surface area contributed by atoms with Gasteiger partial charge in [-0.3, -0.25) is 0 Å². The Labute approximate surface area is 200 Å². The van der Waals surface area contributed by atoms with Crippen molar-refractivity contribution in [2.45, 2.75) is 84.5 Å². The van der Waals surface area contributed by atoms with Gasteiger partial charge in [-0.1, -0.05) is 39.5 Å². The first kappa shape index (κ1) is 27.2. The lowest BCUT2D eigenvalue weighted by atomic mass is 10.1. The summed E-state index contributed by atoms with van der Waals surface area (Å²) in [5, 5.41) is 8.76. The van der Waals surface area contributed by atoms with Crippen molar-refractivity contribution in [3.63, 3.8) is 0 Å². The lowest BCUT2D eigenvalue weighted by molar-refractivity contribution is 0.123. The van der Waals surface area contributed by atoms with Gasteiger partial charge in [0.2, 0.25) is 5.88 Å². The van der Waals surface area contributed by atoms with Crippen molar-refractivity contribution in [3.05, 3.63) is 36.2 Å². The second-order valence-corrected chi connectivity index (χ2v) is 8.45. The number of hydrogen-bond donors (Lipinski definition) is 0. The summed E-state index contributed by atoms with van der Waals surface area (Å²) in [7, 11) is 0. The van der Waals surface area contributed by atoms with E-state index in [1.54, 1.807) is 6.20 Å². The van der Waals surface area contributed by atoms with Gasteiger partial charge >= 0.3 is 0 Å². The van der Waals surface area contributed by atoms with E-state index in [0.29, 0.717) is 12.5 Å². The molecule has 0 radical (unpaired) electrons. The first-order chi connectivity index (χ1) is 16.3. The molecule has 0 aliphatic rings. The van der Waals surface area contributed by atoms with Crippen molar-refractivity contribution in [1.82, 2.24) is 15.2 Å². The second kappa shape index (κ2) is 18.4. The Bertz CT molecular complexity index is 708. The van der Waals surface area contributed by atoms with Gasteiger partial charge < -0.3 is 14.2 Å². The number of pyridine rings is 1. The summed E-state index contributed by atoms with van der Waals surface area (Å²) in [5.74, 6) is 0.641. The summed E-state index contributed by atoms with van der Waals surface area (Å²) in [6.07, 6.45) is 14.2. The third kappa shape index (κ3) is 12.7. The van der Waals surface area contributed by atoms with Crippen LogP contribution in [-0.4, -0.2) is 48.2 Å². The molecule has 2 aromatic heterocycles. The molecule has 6 heteroatoms. The van der Waals surface area contributed by atoms with Gasteiger partial charge in [0, 0.05) is 44.3 Å². The van der Waals surface area contributed by atoms with Crippen LogP contribution in [0, 0.1) is 0 Å². The van der Waals surface area contributed by atoms with Crippen LogP contribution >= 0.6 is 0 Å². The molecule has 0 aliphatic carbocycles. The third-order valence-corrected chi connectivity index (χ3v) is 5.44. The van der Waals surface area contributed by atoms with Gasteiger partial charge in [0.05, 0.1) is 18.0 Å². The fourth-order valence-electron chi connectivity index (χ4n) is 3.34. The van der Waals surface area contributed by atoms with Crippen molar-refractivity contribution >= 4 is 0 Å². The maximum absolute atomic E-state index is 5.73. The van der Waals surface area contributed by atoms with Crippen LogP contribution in [-0.2, 0) is 15.9 Å². The van der Waals surface area contributed by atoms with Crippen molar-refractivity contribution < 1.29 is 14.2 Å². The lowest BCUT2D eigenvalue weighted by Crippen LogP contribution is -2.02. The van der Waals surface area contributed by atoms with Crippen molar-refractivity contribution in [2.75, 3.05) is 33.0 Å². The van der Waals surface area contributed by atoms with Crippen LogP contribution in [0.2, 0.25) is 0 Å². The number of rotatable bonds is 20. The standard InChI is InChI=1S/C27H43N3O3/c1-3-5-7-9-19-32-20-10-8-13-25-15-16-26(30-29-25)24-14-17-27(28-23-24)33-22-12-11-21-31-18-6-4-2/h14-17,23H,3-13,18-22H2,1-2H3. The molecule has 0 aromatic carbocycles. The van der Waals surface area contributed by atoms with Gasteiger partial charge in [-0.2, -0.15) is 10.2 Å². The van der Waals surface area contributed by atoms with E-state index < -0.39 is 0 Å². The van der Waals surface area contributed by atoms with Crippen molar-refractivity contribution in [1.29, 1.82) is 0 Å². The predicted octanol–water partition coefficient (Wildman–Crippen LogP) is 6.43. The molecule has 0 spiro atoms. The molecule has 0 unspecified atom stereocenters. The van der Waals surface area contributed by atoms with Crippen LogP contribution in [0.25, 0.3) is 11.3 Å². The Morgan fingerprint density at radius 1 is 0.636 bits per heavy atom. The highest BCUT2D eigenvalue weighted by molar-refractivity contribution is 5.57. The van der Waals surface area contributed by atoms with Gasteiger partial charge in [0.1, 0.15) is 0 Å². The first-order valence-electron chi connectivity index (χ1n) is 12.9. The van der Waals surface area contributed by atoms with Crippen molar-refractivity contribution in [3.8, 4) is 17.1 Å². The number of nitrogens with zero attached hydrogens (tertiary/aromatic N) is 3. The Kier molecular flexibility index (Phi) is 15.2. The van der Waals surface area contributed by atoms with E-state index in [9.17, 15) is 0 Å². The van der Waals surface area contributed by atoms with Crippen molar-refractivity contribution in [2.24, 2.45) is 0 Å². The second-order valence-electron chi connectivity index (χ2n) is 8.45. The Morgan fingerprint density at radius 2 is 1.33 bits per heavy atom. The van der Waals surface area contributed by atoms with Crippen LogP contribution in [0.4, 0.5) is 0 Å². The number of ether oxygens (including phenoxy) is 3. The lowest BCUT2D eigenvalue weighted by Gasteiger charge is -2.07. The van der Waals surface area contributed by atoms with E-state index in [-0.39, 0.29) is 0 Å². The first-order valence-corrected chi connectivity index (χ1v) is 12.9. The molecule has 2 aromatic rings. The van der Waals surface area contributed by atoms with E-state index in [1.807, 2.05) is 18.2 Å². The zero-order valence-corrected chi connectivity index (χ0v) is 20.8. The van der Waals surface area contributed by atoms with E-state index in [4.69, 9.17) is 14.2 Å². The predicted molar refractivity (Wildman–Crippen MR) is 134 cm³/mol. The van der Waals surface area contributed by atoms with Crippen LogP contribution < -0.4 is 4.74 Å². The molecule has 0 N–H and O–H groups in total. The van der Waals surface area contributed by atoms with Gasteiger partial charge in [0.15, 0.2) is 0 Å². The molecule has 0 saturated heterocycles. The highest BCUT2D eigenvalue weighted by Crippen LogP contribution is 2.18. The normalized spacial score (nSPS) is 11.1. The Hall–Kier alpha value is -2.05. The smallest absolute Gasteiger partial charge is 0.213 e. The molecule has 0 amide bonds. The molecule has 0 atom stereocenters. The SMILES string of the molecule is CCCCCCOCCCCc1ccc(-c2ccc(OCCCCOCCCC)nc2)nn1. The minimum atomic E-state index is 0.641. The molecule has 2 rings (SSSR count). The van der Waals surface area contributed by atoms with Crippen LogP contribution in [0.15, 0.2) is 30.5 Å². The zero-order chi connectivity index (χ0) is 23.4. The van der Waals surface area contributed by atoms with E-state index in [0.717, 1.165) is 81.9 Å². The third-order valence-electron chi connectivity index (χ3n) is 5.44. The van der Waals surface area contributed by atoms with Crippen LogP contribution in [0.1, 0.15) is 83.7 Å². The molecule has 184 valence electrons. The van der Waals surface area contributed by atoms with Crippen LogP contribution in [0.3, 0.4) is 0 Å². The summed E-state index contributed by atoms with van der Waals surface area (Å²) >= 11 is 0. The Balaban J connectivity index is 1.59. The fourth-order valence-corrected chi connectivity index (χ4v) is 3.34. The summed E-state index contributed by atoms with van der Waals surface area (Å²) in [6, 6.07) is 7.95. The molecule has 0 aliphatic heterocycles. The topological polar surface area (TPSA) is 66.4 Å². The molecule has 0 fully saturated rings. The zero-order valence-electron chi connectivity index (χ0n) is 20.8. The monoisotopic (exact) mass is 457 g/mol. The largest absolute Gasteiger partial charge is 0.478 e. The van der Waals surface area contributed by atoms with Gasteiger partial charge in [0.25, 0.3) is 0 Å². The molecule has 2 heterocycles. The molecule has 33 heavy (non-hydrogen) atoms. The molecule has 6 nitrogen and oxygen atoms in total. The van der Waals surface area contributed by atoms with E-state index in [1.165, 1.54) is 32.1 Å². The summed E-state index contributed by atoms with van der Waals surface area (Å²) in [6.45, 7) is 8.45. The summed E-state index contributed by atoms with van der Waals surface area (Å²) < 4.78 is 17.0. The van der Waals surface area contributed by atoms with E-state index >= 15 is 0 Å². The summed E-state index contributed by atoms with van der Waals surface area (Å²) in [5.41, 5.74) is 2.80. The minimum absolute atomic E-state index is 0.641. The molecular weight excluding hydrogens is 414 g/mol. The molecule has 0 bridgehead atoms. The number of hydrogen-bond acceptors (Lipinski definition) is 6. The quantitative estimate of drug-likeness (QED) is 0.213. The average Bonchev–Trinajstić information content (AvgIpc) is 2.85. The van der Waals surface area contributed by atoms with Crippen LogP contribution in [0.5, 0.6) is 5.88 Å². The minimum Gasteiger partial charge on any atom is -0.478 e. The maximum Gasteiger partial charge on any atom is 0.213 e. The molecular formula is C27H43N3O3. The number of aryl methyl sites for hydroxylation is 1. The van der Waals surface area contributed by atoms with E-state index in [2.05, 4.69) is 35.1 Å². The number of aromatic nitrogens is 3. The molecule has 0 saturated carbocycles. The summed E-state index contributed by atoms with van der Waals surface area (Å²) in [4.78, 5) is 4.40. The number of unbranched alkanes of at least 4 members (excludes halogenated alkanes) is 6. The van der Waals surface area contributed by atoms with Gasteiger partial charge in [-0.05, 0) is 63.1 Å². The van der Waals surface area contributed by atoms with Gasteiger partial charge in [-0.25, -0.2) is 4.98 Å².